The van der Waals surface area contributed by atoms with Gasteiger partial charge in [-0.05, 0) is 77.0 Å². The summed E-state index contributed by atoms with van der Waals surface area (Å²) in [6, 6.07) is 0. The number of nitrogens with zero attached hydrogens (tertiary/aromatic N) is 1. The molecule has 55 heavy (non-hydrogen) atoms. The minimum atomic E-state index is -4.28. The maximum absolute atomic E-state index is 12.7. The Bertz CT molecular complexity index is 1020. The number of hydrogen-bond donors (Lipinski definition) is 1. The Hall–Kier alpha value is -1.54. The Kier molecular flexibility index (Phi) is 38.2. The lowest BCUT2D eigenvalue weighted by atomic mass is 10.1. The number of esters is 1. The third-order valence-electron chi connectivity index (χ3n) is 9.36. The molecule has 1 N–H and O–H groups in total. The summed E-state index contributed by atoms with van der Waals surface area (Å²) in [7, 11) is 1.65. The molecule has 322 valence electrons. The van der Waals surface area contributed by atoms with Gasteiger partial charge < -0.3 is 18.9 Å². The monoisotopic (exact) mass is 797 g/mol. The Labute approximate surface area is 339 Å². The van der Waals surface area contributed by atoms with Gasteiger partial charge in [0.1, 0.15) is 19.3 Å². The van der Waals surface area contributed by atoms with Crippen molar-refractivity contribution < 1.29 is 37.3 Å². The molecule has 2 unspecified atom stereocenters. The number of likely N-dealkylation sites (N-methyl/N-ethyl adjacent to an activating group) is 1. The molecule has 0 bridgehead atoms. The van der Waals surface area contributed by atoms with Gasteiger partial charge >= 0.3 is 13.8 Å². The van der Waals surface area contributed by atoms with Crippen molar-refractivity contribution in [2.45, 2.75) is 187 Å². The average Bonchev–Trinajstić information content (AvgIpc) is 3.13. The zero-order chi connectivity index (χ0) is 40.6. The molecular weight excluding hydrogens is 709 g/mol. The van der Waals surface area contributed by atoms with E-state index in [0.717, 1.165) is 70.6 Å². The Morgan fingerprint density at radius 1 is 0.564 bits per heavy atom. The van der Waals surface area contributed by atoms with Gasteiger partial charge in [0.05, 0.1) is 34.4 Å². The van der Waals surface area contributed by atoms with Crippen LogP contribution in [-0.4, -0.2) is 75.6 Å². The first kappa shape index (κ1) is 53.5. The van der Waals surface area contributed by atoms with Crippen LogP contribution in [0, 0.1) is 0 Å². The first-order chi connectivity index (χ1) is 26.6. The third kappa shape index (κ3) is 43.4. The van der Waals surface area contributed by atoms with Crippen LogP contribution in [0.2, 0.25) is 0 Å². The lowest BCUT2D eigenvalue weighted by molar-refractivity contribution is -0.870. The second-order valence-corrected chi connectivity index (χ2v) is 17.5. The van der Waals surface area contributed by atoms with Crippen LogP contribution in [-0.2, 0) is 27.9 Å². The van der Waals surface area contributed by atoms with Crippen LogP contribution < -0.4 is 0 Å². The Morgan fingerprint density at radius 3 is 1.47 bits per heavy atom. The minimum absolute atomic E-state index is 0.0821. The Morgan fingerprint density at radius 2 is 1.00 bits per heavy atom. The van der Waals surface area contributed by atoms with Gasteiger partial charge in [-0.2, -0.15) is 0 Å². The molecule has 0 aliphatic carbocycles. The summed E-state index contributed by atoms with van der Waals surface area (Å²) in [5.74, 6) is -0.332. The van der Waals surface area contributed by atoms with Crippen LogP contribution in [0.5, 0.6) is 0 Å². The molecule has 0 spiro atoms. The standard InChI is InChI=1S/C46H86NO7P/c1-6-8-10-12-14-16-18-20-22-24-26-28-30-32-34-36-38-41-51-43-45(44-53-55(49,50)52-42-40-47(3,4)5)54-46(48)39-37-35-33-31-29-27-25-23-21-19-17-15-13-11-9-7-2/h16-19,22-25,45H,6-15,20-21,26-44H2,1-5H3/p+1/b18-16-,19-17-,24-22-,25-23-. The summed E-state index contributed by atoms with van der Waals surface area (Å²) in [4.78, 5) is 22.9. The number of unbranched alkanes of at least 4 members (excludes halogenated alkanes) is 19. The highest BCUT2D eigenvalue weighted by molar-refractivity contribution is 7.47. The molecular formula is C46H87NO7P+. The highest BCUT2D eigenvalue weighted by atomic mass is 31.2. The highest BCUT2D eigenvalue weighted by Crippen LogP contribution is 2.43. The van der Waals surface area contributed by atoms with Crippen molar-refractivity contribution in [1.29, 1.82) is 0 Å². The van der Waals surface area contributed by atoms with Crippen LogP contribution in [0.3, 0.4) is 0 Å². The van der Waals surface area contributed by atoms with E-state index in [0.29, 0.717) is 24.1 Å². The number of carbonyl (C=O) groups excluding carboxylic acids is 1. The van der Waals surface area contributed by atoms with Crippen LogP contribution >= 0.6 is 7.82 Å². The predicted molar refractivity (Wildman–Crippen MR) is 233 cm³/mol. The second kappa shape index (κ2) is 39.3. The van der Waals surface area contributed by atoms with E-state index in [9.17, 15) is 14.3 Å². The summed E-state index contributed by atoms with van der Waals surface area (Å²) >= 11 is 0. The van der Waals surface area contributed by atoms with E-state index < -0.39 is 13.9 Å². The van der Waals surface area contributed by atoms with Crippen molar-refractivity contribution in [3.63, 3.8) is 0 Å². The first-order valence-electron chi connectivity index (χ1n) is 22.4. The van der Waals surface area contributed by atoms with Crippen molar-refractivity contribution in [2.75, 3.05) is 54.1 Å². The number of rotatable bonds is 41. The van der Waals surface area contributed by atoms with Gasteiger partial charge in [0.2, 0.25) is 0 Å². The lowest BCUT2D eigenvalue weighted by Crippen LogP contribution is -2.37. The molecule has 9 heteroatoms. The zero-order valence-corrected chi connectivity index (χ0v) is 37.3. The first-order valence-corrected chi connectivity index (χ1v) is 23.9. The van der Waals surface area contributed by atoms with Gasteiger partial charge in [-0.1, -0.05) is 146 Å². The molecule has 0 heterocycles. The predicted octanol–water partition coefficient (Wildman–Crippen LogP) is 13.2. The van der Waals surface area contributed by atoms with Gasteiger partial charge in [0.15, 0.2) is 0 Å². The maximum Gasteiger partial charge on any atom is 0.472 e. The van der Waals surface area contributed by atoms with E-state index in [1.807, 2.05) is 21.1 Å². The average molecular weight is 797 g/mol. The van der Waals surface area contributed by atoms with Gasteiger partial charge in [-0.3, -0.25) is 13.8 Å². The van der Waals surface area contributed by atoms with E-state index in [1.165, 1.54) is 89.9 Å². The molecule has 0 fully saturated rings. The molecule has 0 radical (unpaired) electrons. The third-order valence-corrected chi connectivity index (χ3v) is 10.3. The van der Waals surface area contributed by atoms with Crippen molar-refractivity contribution in [3.05, 3.63) is 48.6 Å². The fraction of sp³-hybridized carbons (Fsp3) is 0.804. The van der Waals surface area contributed by atoms with Crippen LogP contribution in [0.4, 0.5) is 0 Å². The Balaban J connectivity index is 4.28. The molecule has 0 saturated heterocycles. The quantitative estimate of drug-likeness (QED) is 0.0217. The number of phosphoric acid groups is 1. The van der Waals surface area contributed by atoms with Gasteiger partial charge in [0.25, 0.3) is 0 Å². The molecule has 0 aromatic carbocycles. The van der Waals surface area contributed by atoms with Crippen molar-refractivity contribution in [1.82, 2.24) is 0 Å². The van der Waals surface area contributed by atoms with Crippen LogP contribution in [0.1, 0.15) is 181 Å². The molecule has 0 aromatic rings. The number of quaternary nitrogens is 1. The lowest BCUT2D eigenvalue weighted by Gasteiger charge is -2.24. The molecule has 0 rings (SSSR count). The maximum atomic E-state index is 12.7. The summed E-state index contributed by atoms with van der Waals surface area (Å²) in [5.41, 5.74) is 0. The van der Waals surface area contributed by atoms with E-state index in [1.54, 1.807) is 0 Å². The van der Waals surface area contributed by atoms with E-state index in [2.05, 4.69) is 62.5 Å². The van der Waals surface area contributed by atoms with Gasteiger partial charge in [-0.25, -0.2) is 4.57 Å². The topological polar surface area (TPSA) is 91.3 Å². The highest BCUT2D eigenvalue weighted by Gasteiger charge is 2.26. The molecule has 0 aromatic heterocycles. The number of carbonyl (C=O) groups is 1. The van der Waals surface area contributed by atoms with Crippen molar-refractivity contribution >= 4 is 13.8 Å². The van der Waals surface area contributed by atoms with Gasteiger partial charge in [-0.15, -0.1) is 0 Å². The zero-order valence-electron chi connectivity index (χ0n) is 36.4. The number of hydrogen-bond acceptors (Lipinski definition) is 6. The molecule has 0 amide bonds. The molecule has 0 saturated carbocycles. The summed E-state index contributed by atoms with van der Waals surface area (Å²) < 4.78 is 35.0. The normalized spacial score (nSPS) is 14.2. The van der Waals surface area contributed by atoms with Crippen LogP contribution in [0.25, 0.3) is 0 Å². The fourth-order valence-electron chi connectivity index (χ4n) is 5.85. The van der Waals surface area contributed by atoms with Crippen LogP contribution in [0.15, 0.2) is 48.6 Å². The summed E-state index contributed by atoms with van der Waals surface area (Å²) in [6.07, 6.45) is 47.1. The smallest absolute Gasteiger partial charge is 0.457 e. The largest absolute Gasteiger partial charge is 0.472 e. The van der Waals surface area contributed by atoms with Gasteiger partial charge in [0, 0.05) is 13.0 Å². The molecule has 2 atom stereocenters. The fourth-order valence-corrected chi connectivity index (χ4v) is 6.59. The molecule has 0 aliphatic rings. The second-order valence-electron chi connectivity index (χ2n) is 16.1. The molecule has 8 nitrogen and oxygen atoms in total. The number of phosphoric ester groups is 1. The molecule has 0 aliphatic heterocycles. The SMILES string of the molecule is CCCCCC/C=C\C/C=C\CCCCCCCCOCC(COP(=O)(O)OCC[N+](C)(C)C)OC(=O)CCCCCCC/C=C\C/C=C\CCCCCC. The van der Waals surface area contributed by atoms with E-state index in [4.69, 9.17) is 18.5 Å². The number of ether oxygens (including phenoxy) is 2. The minimum Gasteiger partial charge on any atom is -0.457 e. The summed E-state index contributed by atoms with van der Waals surface area (Å²) in [6.45, 7) is 5.54. The summed E-state index contributed by atoms with van der Waals surface area (Å²) in [5, 5.41) is 0. The van der Waals surface area contributed by atoms with Crippen molar-refractivity contribution in [3.8, 4) is 0 Å². The number of allylic oxidation sites excluding steroid dienone is 8. The van der Waals surface area contributed by atoms with E-state index >= 15 is 0 Å². The van der Waals surface area contributed by atoms with Crippen molar-refractivity contribution in [2.24, 2.45) is 0 Å². The van der Waals surface area contributed by atoms with E-state index in [-0.39, 0.29) is 25.8 Å².